The van der Waals surface area contributed by atoms with Crippen LogP contribution in [0.15, 0.2) is 30.5 Å². The quantitative estimate of drug-likeness (QED) is 0.268. The summed E-state index contributed by atoms with van der Waals surface area (Å²) in [5.74, 6) is -3.39. The predicted molar refractivity (Wildman–Crippen MR) is 117 cm³/mol. The summed E-state index contributed by atoms with van der Waals surface area (Å²) in [5.41, 5.74) is 7.19. The molecule has 7 N–H and O–H groups in total. The van der Waals surface area contributed by atoms with E-state index in [1.807, 2.05) is 30.5 Å². The molecule has 3 atom stereocenters. The number of amides is 2. The SMILES string of the molecule is CSCCC(NC(=O)C(Cc1c[nH]c2ccccc12)NC(=O)C(N)CC(=O)O)C(=O)O. The van der Waals surface area contributed by atoms with Gasteiger partial charge in [0.15, 0.2) is 0 Å². The van der Waals surface area contributed by atoms with E-state index in [0.29, 0.717) is 5.75 Å². The molecule has 0 bridgehead atoms. The summed E-state index contributed by atoms with van der Waals surface area (Å²) >= 11 is 1.45. The molecule has 2 aromatic rings. The molecule has 10 nitrogen and oxygen atoms in total. The lowest BCUT2D eigenvalue weighted by Crippen LogP contribution is -2.55. The Morgan fingerprint density at radius 1 is 1.10 bits per heavy atom. The predicted octanol–water partition coefficient (Wildman–Crippen LogP) is 0.320. The van der Waals surface area contributed by atoms with Gasteiger partial charge in [-0.1, -0.05) is 18.2 Å². The Bertz CT molecular complexity index is 947. The van der Waals surface area contributed by atoms with E-state index >= 15 is 0 Å². The lowest BCUT2D eigenvalue weighted by Gasteiger charge is -2.22. The fraction of sp³-hybridized carbons (Fsp3) is 0.400. The Morgan fingerprint density at radius 2 is 1.77 bits per heavy atom. The number of hydrogen-bond acceptors (Lipinski definition) is 6. The normalized spacial score (nSPS) is 13.9. The molecule has 1 aromatic carbocycles. The van der Waals surface area contributed by atoms with Gasteiger partial charge in [0.1, 0.15) is 12.1 Å². The molecule has 1 aromatic heterocycles. The van der Waals surface area contributed by atoms with Gasteiger partial charge in [-0.2, -0.15) is 11.8 Å². The van der Waals surface area contributed by atoms with Crippen LogP contribution < -0.4 is 16.4 Å². The van der Waals surface area contributed by atoms with Crippen molar-refractivity contribution >= 4 is 46.4 Å². The minimum absolute atomic E-state index is 0.0657. The third-order valence-electron chi connectivity index (χ3n) is 4.69. The first-order valence-electron chi connectivity index (χ1n) is 9.57. The minimum Gasteiger partial charge on any atom is -0.481 e. The van der Waals surface area contributed by atoms with Crippen molar-refractivity contribution in [2.45, 2.75) is 37.4 Å². The van der Waals surface area contributed by atoms with Gasteiger partial charge in [-0.25, -0.2) is 4.79 Å². The monoisotopic (exact) mass is 450 g/mol. The van der Waals surface area contributed by atoms with Gasteiger partial charge in [-0.05, 0) is 30.1 Å². The molecule has 168 valence electrons. The number of carbonyl (C=O) groups is 4. The van der Waals surface area contributed by atoms with Crippen LogP contribution in [0.5, 0.6) is 0 Å². The van der Waals surface area contributed by atoms with Gasteiger partial charge in [-0.15, -0.1) is 0 Å². The summed E-state index contributed by atoms with van der Waals surface area (Å²) < 4.78 is 0. The summed E-state index contributed by atoms with van der Waals surface area (Å²) in [6, 6.07) is 3.80. The van der Waals surface area contributed by atoms with E-state index in [1.54, 1.807) is 6.20 Å². The molecule has 11 heteroatoms. The van der Waals surface area contributed by atoms with Crippen molar-refractivity contribution in [3.05, 3.63) is 36.0 Å². The maximum atomic E-state index is 12.9. The molecule has 0 saturated carbocycles. The Morgan fingerprint density at radius 3 is 2.42 bits per heavy atom. The van der Waals surface area contributed by atoms with E-state index < -0.39 is 48.3 Å². The van der Waals surface area contributed by atoms with Crippen molar-refractivity contribution in [3.8, 4) is 0 Å². The fourth-order valence-electron chi connectivity index (χ4n) is 3.05. The summed E-state index contributed by atoms with van der Waals surface area (Å²) in [5, 5.41) is 24.0. The minimum atomic E-state index is -1.34. The molecule has 0 fully saturated rings. The number of para-hydroxylation sites is 1. The second-order valence-electron chi connectivity index (χ2n) is 7.01. The molecule has 2 amide bonds. The molecular formula is C20H26N4O6S. The first-order chi connectivity index (χ1) is 14.7. The summed E-state index contributed by atoms with van der Waals surface area (Å²) in [6.45, 7) is 0. The van der Waals surface area contributed by atoms with Gasteiger partial charge in [0.2, 0.25) is 11.8 Å². The largest absolute Gasteiger partial charge is 0.481 e. The van der Waals surface area contributed by atoms with E-state index in [1.165, 1.54) is 11.8 Å². The zero-order valence-electron chi connectivity index (χ0n) is 17.0. The number of nitrogens with one attached hydrogen (secondary N) is 3. The number of thioether (sulfide) groups is 1. The van der Waals surface area contributed by atoms with Crippen molar-refractivity contribution in [1.82, 2.24) is 15.6 Å². The average molecular weight is 451 g/mol. The molecule has 0 spiro atoms. The zero-order chi connectivity index (χ0) is 23.0. The molecule has 0 saturated heterocycles. The van der Waals surface area contributed by atoms with Crippen LogP contribution in [-0.2, 0) is 25.6 Å². The maximum Gasteiger partial charge on any atom is 0.326 e. The second kappa shape index (κ2) is 11.4. The standard InChI is InChI=1S/C20H26N4O6S/c1-31-7-6-15(20(29)30)23-19(28)16(24-18(27)13(21)9-17(25)26)8-11-10-22-14-5-3-2-4-12(11)14/h2-5,10,13,15-16,22H,6-9,21H2,1H3,(H,23,28)(H,24,27)(H,25,26)(H,29,30). The molecule has 0 aliphatic heterocycles. The number of rotatable bonds is 12. The first kappa shape index (κ1) is 24.2. The lowest BCUT2D eigenvalue weighted by molar-refractivity contribution is -0.142. The van der Waals surface area contributed by atoms with Gasteiger partial charge in [0.05, 0.1) is 12.5 Å². The number of aromatic amines is 1. The highest BCUT2D eigenvalue weighted by atomic mass is 32.2. The number of carbonyl (C=O) groups excluding carboxylic acids is 2. The van der Waals surface area contributed by atoms with Crippen molar-refractivity contribution in [3.63, 3.8) is 0 Å². The molecular weight excluding hydrogens is 424 g/mol. The molecule has 0 aliphatic carbocycles. The van der Waals surface area contributed by atoms with Crippen molar-refractivity contribution in [2.75, 3.05) is 12.0 Å². The number of H-pyrrole nitrogens is 1. The van der Waals surface area contributed by atoms with E-state index in [9.17, 15) is 24.3 Å². The number of aliphatic carboxylic acids is 2. The summed E-state index contributed by atoms with van der Waals surface area (Å²) in [6.07, 6.45) is 3.21. The number of aromatic nitrogens is 1. The highest BCUT2D eigenvalue weighted by Gasteiger charge is 2.29. The van der Waals surface area contributed by atoms with E-state index in [2.05, 4.69) is 15.6 Å². The van der Waals surface area contributed by atoms with Crippen molar-refractivity contribution < 1.29 is 29.4 Å². The van der Waals surface area contributed by atoms with Crippen LogP contribution in [0, 0.1) is 0 Å². The van der Waals surface area contributed by atoms with Crippen LogP contribution in [0.1, 0.15) is 18.4 Å². The zero-order valence-corrected chi connectivity index (χ0v) is 17.8. The molecule has 2 rings (SSSR count). The number of carboxylic acids is 2. The Balaban J connectivity index is 2.23. The van der Waals surface area contributed by atoms with Gasteiger partial charge in [-0.3, -0.25) is 14.4 Å². The van der Waals surface area contributed by atoms with Crippen LogP contribution in [0.25, 0.3) is 10.9 Å². The van der Waals surface area contributed by atoms with E-state index in [-0.39, 0.29) is 12.8 Å². The smallest absolute Gasteiger partial charge is 0.326 e. The average Bonchev–Trinajstić information content (AvgIpc) is 3.12. The molecule has 0 aliphatic rings. The maximum absolute atomic E-state index is 12.9. The highest BCUT2D eigenvalue weighted by Crippen LogP contribution is 2.19. The Hall–Kier alpha value is -3.05. The van der Waals surface area contributed by atoms with Crippen LogP contribution >= 0.6 is 11.8 Å². The van der Waals surface area contributed by atoms with Crippen LogP contribution in [-0.4, -0.2) is 69.1 Å². The Labute approximate surface area is 182 Å². The summed E-state index contributed by atoms with van der Waals surface area (Å²) in [4.78, 5) is 50.7. The van der Waals surface area contributed by atoms with Crippen molar-refractivity contribution in [1.29, 1.82) is 0 Å². The molecule has 0 radical (unpaired) electrons. The highest BCUT2D eigenvalue weighted by molar-refractivity contribution is 7.98. The second-order valence-corrected chi connectivity index (χ2v) is 8.00. The molecule has 3 unspecified atom stereocenters. The Kier molecular flexibility index (Phi) is 8.88. The van der Waals surface area contributed by atoms with Crippen molar-refractivity contribution in [2.24, 2.45) is 5.73 Å². The number of carboxylic acid groups (broad SMARTS) is 2. The van der Waals surface area contributed by atoms with Gasteiger partial charge in [0, 0.05) is 23.5 Å². The fourth-order valence-corrected chi connectivity index (χ4v) is 3.53. The van der Waals surface area contributed by atoms with Gasteiger partial charge < -0.3 is 31.6 Å². The lowest BCUT2D eigenvalue weighted by atomic mass is 10.0. The van der Waals surface area contributed by atoms with Gasteiger partial charge in [0.25, 0.3) is 0 Å². The first-order valence-corrected chi connectivity index (χ1v) is 11.0. The summed E-state index contributed by atoms with van der Waals surface area (Å²) in [7, 11) is 0. The number of hydrogen-bond donors (Lipinski definition) is 6. The molecule has 31 heavy (non-hydrogen) atoms. The van der Waals surface area contributed by atoms with Crippen LogP contribution in [0.3, 0.4) is 0 Å². The van der Waals surface area contributed by atoms with Crippen LogP contribution in [0.4, 0.5) is 0 Å². The van der Waals surface area contributed by atoms with E-state index in [0.717, 1.165) is 16.5 Å². The third kappa shape index (κ3) is 7.00. The number of benzene rings is 1. The number of nitrogens with two attached hydrogens (primary N) is 1. The third-order valence-corrected chi connectivity index (χ3v) is 5.33. The van der Waals surface area contributed by atoms with Gasteiger partial charge >= 0.3 is 11.9 Å². The number of fused-ring (bicyclic) bond motifs is 1. The van der Waals surface area contributed by atoms with Crippen LogP contribution in [0.2, 0.25) is 0 Å². The molecule has 1 heterocycles. The van der Waals surface area contributed by atoms with E-state index in [4.69, 9.17) is 10.8 Å². The topological polar surface area (TPSA) is 175 Å².